The molecule has 36 heavy (non-hydrogen) atoms. The van der Waals surface area contributed by atoms with Crippen molar-refractivity contribution in [3.8, 4) is 0 Å². The molecule has 0 aliphatic carbocycles. The van der Waals surface area contributed by atoms with Crippen molar-refractivity contribution in [3.63, 3.8) is 0 Å². The highest BCUT2D eigenvalue weighted by Gasteiger charge is 2.26. The Kier molecular flexibility index (Phi) is 6.63. The van der Waals surface area contributed by atoms with E-state index in [2.05, 4.69) is 14.5 Å². The van der Waals surface area contributed by atoms with Crippen LogP contribution in [0.3, 0.4) is 0 Å². The van der Waals surface area contributed by atoms with Crippen LogP contribution in [0.5, 0.6) is 0 Å². The van der Waals surface area contributed by atoms with E-state index in [-0.39, 0.29) is 11.9 Å². The number of carbonyl (C=O) groups excluding carboxylic acids is 2. The van der Waals surface area contributed by atoms with E-state index in [0.717, 1.165) is 73.2 Å². The first-order valence-corrected chi connectivity index (χ1v) is 12.6. The molecule has 0 atom stereocenters. The third-order valence-corrected chi connectivity index (χ3v) is 7.38. The molecule has 4 heterocycles. The molecule has 188 valence electrons. The Morgan fingerprint density at radius 3 is 2.64 bits per heavy atom. The lowest BCUT2D eigenvalue weighted by Gasteiger charge is -2.36. The summed E-state index contributed by atoms with van der Waals surface area (Å²) < 4.78 is 4.14. The van der Waals surface area contributed by atoms with Crippen molar-refractivity contribution in [3.05, 3.63) is 54.5 Å². The molecule has 0 saturated carbocycles. The van der Waals surface area contributed by atoms with Crippen molar-refractivity contribution in [1.82, 2.24) is 24.0 Å². The fraction of sp³-hybridized carbons (Fsp3) is 0.407. The van der Waals surface area contributed by atoms with Crippen LogP contribution in [0.1, 0.15) is 42.5 Å². The number of aromatic nitrogens is 4. The largest absolute Gasteiger partial charge is 0.366 e. The number of nitrogens with zero attached hydrogens (tertiary/aromatic N) is 6. The van der Waals surface area contributed by atoms with E-state index < -0.39 is 5.91 Å². The second-order valence-corrected chi connectivity index (χ2v) is 9.70. The second kappa shape index (κ2) is 10.0. The van der Waals surface area contributed by atoms with E-state index in [9.17, 15) is 9.59 Å². The molecule has 4 aromatic rings. The van der Waals surface area contributed by atoms with Crippen molar-refractivity contribution in [2.24, 2.45) is 12.8 Å². The van der Waals surface area contributed by atoms with Gasteiger partial charge in [-0.2, -0.15) is 4.98 Å². The minimum Gasteiger partial charge on any atom is -0.366 e. The van der Waals surface area contributed by atoms with Crippen LogP contribution in [0.2, 0.25) is 0 Å². The summed E-state index contributed by atoms with van der Waals surface area (Å²) >= 11 is 0. The first-order valence-electron chi connectivity index (χ1n) is 12.6. The van der Waals surface area contributed by atoms with Gasteiger partial charge in [-0.15, -0.1) is 0 Å². The molecule has 1 aromatic carbocycles. The summed E-state index contributed by atoms with van der Waals surface area (Å²) in [5, 5.41) is 2.12. The van der Waals surface area contributed by atoms with E-state index in [1.54, 1.807) is 6.07 Å². The van der Waals surface area contributed by atoms with Crippen molar-refractivity contribution < 1.29 is 9.59 Å². The average Bonchev–Trinajstić information content (AvgIpc) is 3.48. The lowest BCUT2D eigenvalue weighted by molar-refractivity contribution is -0.132. The molecule has 9 nitrogen and oxygen atoms in total. The van der Waals surface area contributed by atoms with E-state index >= 15 is 0 Å². The summed E-state index contributed by atoms with van der Waals surface area (Å²) in [6, 6.07) is 9.81. The van der Waals surface area contributed by atoms with Crippen molar-refractivity contribution in [2.75, 3.05) is 25.0 Å². The summed E-state index contributed by atoms with van der Waals surface area (Å²) in [4.78, 5) is 37.8. The highest BCUT2D eigenvalue weighted by molar-refractivity contribution is 5.97. The van der Waals surface area contributed by atoms with E-state index in [4.69, 9.17) is 10.7 Å². The number of amides is 2. The quantitative estimate of drug-likeness (QED) is 0.384. The lowest BCUT2D eigenvalue weighted by Crippen LogP contribution is -2.46. The van der Waals surface area contributed by atoms with Gasteiger partial charge in [0.1, 0.15) is 5.65 Å². The number of anilines is 1. The topological polar surface area (TPSA) is 102 Å². The maximum absolute atomic E-state index is 12.9. The van der Waals surface area contributed by atoms with Gasteiger partial charge in [-0.1, -0.05) is 6.07 Å². The Morgan fingerprint density at radius 2 is 1.86 bits per heavy atom. The Morgan fingerprint density at radius 1 is 1.08 bits per heavy atom. The van der Waals surface area contributed by atoms with Crippen molar-refractivity contribution >= 4 is 39.7 Å². The molecule has 1 aliphatic heterocycles. The third-order valence-electron chi connectivity index (χ3n) is 7.38. The summed E-state index contributed by atoms with van der Waals surface area (Å²) in [5.74, 6) is 0.536. The number of rotatable bonds is 8. The molecule has 1 saturated heterocycles. The standard InChI is InChI=1S/C27H33N7O2/c1-31-13-8-21-18-29-27(30-26(21)31)34-15-10-22(11-16-34)32(2)24(35)5-3-4-12-33-14-9-19-6-7-20(25(28)36)17-23(19)33/h6-9,13-14,17-18,22H,3-5,10-12,15-16H2,1-2H3,(H2,28,36). The number of benzene rings is 1. The predicted octanol–water partition coefficient (Wildman–Crippen LogP) is 3.32. The summed E-state index contributed by atoms with van der Waals surface area (Å²) in [7, 11) is 3.92. The van der Waals surface area contributed by atoms with Gasteiger partial charge in [0.15, 0.2) is 0 Å². The Balaban J connectivity index is 1.09. The molecule has 0 bridgehead atoms. The zero-order valence-electron chi connectivity index (χ0n) is 20.9. The smallest absolute Gasteiger partial charge is 0.248 e. The molecule has 2 N–H and O–H groups in total. The van der Waals surface area contributed by atoms with Crippen LogP contribution in [0, 0.1) is 0 Å². The van der Waals surface area contributed by atoms with E-state index in [1.165, 1.54) is 0 Å². The van der Waals surface area contributed by atoms with Gasteiger partial charge in [0.05, 0.1) is 0 Å². The van der Waals surface area contributed by atoms with Gasteiger partial charge >= 0.3 is 0 Å². The Bertz CT molecular complexity index is 1400. The number of nitrogens with two attached hydrogens (primary N) is 1. The minimum atomic E-state index is -0.422. The number of unbranched alkanes of at least 4 members (excludes halogenated alkanes) is 1. The van der Waals surface area contributed by atoms with Crippen LogP contribution in [-0.4, -0.2) is 62.0 Å². The van der Waals surface area contributed by atoms with Crippen LogP contribution in [0.25, 0.3) is 21.9 Å². The number of piperidine rings is 1. The minimum absolute atomic E-state index is 0.198. The monoisotopic (exact) mass is 487 g/mol. The predicted molar refractivity (Wildman–Crippen MR) is 141 cm³/mol. The fourth-order valence-corrected chi connectivity index (χ4v) is 5.11. The zero-order chi connectivity index (χ0) is 25.2. The van der Waals surface area contributed by atoms with Gasteiger partial charge in [-0.05, 0) is 55.3 Å². The average molecular weight is 488 g/mol. The number of aryl methyl sites for hydroxylation is 2. The highest BCUT2D eigenvalue weighted by atomic mass is 16.2. The van der Waals surface area contributed by atoms with Gasteiger partial charge in [0.2, 0.25) is 17.8 Å². The lowest BCUT2D eigenvalue weighted by atomic mass is 10.0. The van der Waals surface area contributed by atoms with Crippen LogP contribution in [0.4, 0.5) is 5.95 Å². The zero-order valence-corrected chi connectivity index (χ0v) is 20.9. The molecule has 9 heteroatoms. The Hall–Kier alpha value is -3.88. The van der Waals surface area contributed by atoms with E-state index in [1.807, 2.05) is 66.4 Å². The SMILES string of the molecule is CN(C(=O)CCCCn1ccc2ccc(C(N)=O)cc21)C1CCN(c2ncc3ccn(C)c3n2)CC1. The van der Waals surface area contributed by atoms with Crippen molar-refractivity contribution in [2.45, 2.75) is 44.7 Å². The van der Waals surface area contributed by atoms with Crippen LogP contribution in [0.15, 0.2) is 48.9 Å². The van der Waals surface area contributed by atoms with E-state index in [0.29, 0.717) is 12.0 Å². The second-order valence-electron chi connectivity index (χ2n) is 9.70. The van der Waals surface area contributed by atoms with Gasteiger partial charge in [-0.25, -0.2) is 4.98 Å². The first kappa shape index (κ1) is 23.8. The van der Waals surface area contributed by atoms with Gasteiger partial charge < -0.3 is 24.7 Å². The highest BCUT2D eigenvalue weighted by Crippen LogP contribution is 2.23. The van der Waals surface area contributed by atoms with Crippen LogP contribution >= 0.6 is 0 Å². The molecule has 1 fully saturated rings. The Labute approximate surface area is 210 Å². The van der Waals surface area contributed by atoms with Crippen LogP contribution < -0.4 is 10.6 Å². The number of primary amides is 1. The molecular weight excluding hydrogens is 454 g/mol. The molecule has 0 unspecified atom stereocenters. The normalized spacial score (nSPS) is 14.6. The van der Waals surface area contributed by atoms with Crippen molar-refractivity contribution in [1.29, 1.82) is 0 Å². The fourth-order valence-electron chi connectivity index (χ4n) is 5.11. The van der Waals surface area contributed by atoms with Gasteiger partial charge in [0, 0.05) is 81.2 Å². The molecule has 1 aliphatic rings. The van der Waals surface area contributed by atoms with Crippen LogP contribution in [-0.2, 0) is 18.4 Å². The molecule has 5 rings (SSSR count). The summed E-state index contributed by atoms with van der Waals surface area (Å²) in [6.07, 6.45) is 9.97. The summed E-state index contributed by atoms with van der Waals surface area (Å²) in [5.41, 5.74) is 7.88. The third kappa shape index (κ3) is 4.78. The number of carbonyl (C=O) groups is 2. The number of hydrogen-bond acceptors (Lipinski definition) is 5. The molecule has 0 spiro atoms. The maximum atomic E-state index is 12.9. The number of fused-ring (bicyclic) bond motifs is 2. The van der Waals surface area contributed by atoms with Gasteiger partial charge in [-0.3, -0.25) is 9.59 Å². The molecular formula is C27H33N7O2. The maximum Gasteiger partial charge on any atom is 0.248 e. The summed E-state index contributed by atoms with van der Waals surface area (Å²) in [6.45, 7) is 2.48. The molecule has 3 aromatic heterocycles. The number of hydrogen-bond donors (Lipinski definition) is 1. The first-order chi connectivity index (χ1) is 17.4. The van der Waals surface area contributed by atoms with Gasteiger partial charge in [0.25, 0.3) is 0 Å². The molecule has 2 amide bonds. The molecule has 0 radical (unpaired) electrons.